The highest BCUT2D eigenvalue weighted by Gasteiger charge is 2.09. The summed E-state index contributed by atoms with van der Waals surface area (Å²) < 4.78 is 22.0. The van der Waals surface area contributed by atoms with Crippen LogP contribution in [-0.4, -0.2) is 37.6 Å². The van der Waals surface area contributed by atoms with Gasteiger partial charge in [0.2, 0.25) is 0 Å². The maximum absolute atomic E-state index is 11.0. The van der Waals surface area contributed by atoms with Gasteiger partial charge in [0.05, 0.1) is 11.5 Å². The molecule has 0 spiro atoms. The summed E-state index contributed by atoms with van der Waals surface area (Å²) in [6, 6.07) is 0. The van der Waals surface area contributed by atoms with Crippen molar-refractivity contribution in [1.82, 2.24) is 0 Å². The van der Waals surface area contributed by atoms with Gasteiger partial charge in [-0.1, -0.05) is 0 Å². The molecule has 0 atom stereocenters. The van der Waals surface area contributed by atoms with Gasteiger partial charge in [-0.2, -0.15) is 0 Å². The number of rotatable bonds is 7. The third kappa shape index (κ3) is 6.57. The normalized spacial score (nSPS) is 11.8. The molecule has 4 nitrogen and oxygen atoms in total. The first-order valence-electron chi connectivity index (χ1n) is 3.90. The zero-order chi connectivity index (χ0) is 9.45. The molecular formula is C7H15O4S. The van der Waals surface area contributed by atoms with Crippen molar-refractivity contribution >= 4 is 9.84 Å². The predicted octanol–water partition coefficient (Wildman–Crippen LogP) is -0.282. The smallest absolute Gasteiger partial charge is 0.154 e. The minimum absolute atomic E-state index is 0.0233. The second-order valence-electron chi connectivity index (χ2n) is 2.48. The highest BCUT2D eigenvalue weighted by atomic mass is 32.2. The summed E-state index contributed by atoms with van der Waals surface area (Å²) in [4.78, 5) is 0. The molecule has 0 saturated carbocycles. The Morgan fingerprint density at radius 2 is 1.75 bits per heavy atom. The van der Waals surface area contributed by atoms with E-state index in [1.807, 2.05) is 0 Å². The molecule has 0 aliphatic carbocycles. The Balaban J connectivity index is 3.58. The van der Waals surface area contributed by atoms with Crippen LogP contribution >= 0.6 is 0 Å². The molecule has 0 aliphatic rings. The van der Waals surface area contributed by atoms with Crippen molar-refractivity contribution < 1.29 is 18.6 Å². The van der Waals surface area contributed by atoms with E-state index in [9.17, 15) is 8.42 Å². The van der Waals surface area contributed by atoms with Crippen LogP contribution in [0.1, 0.15) is 19.3 Å². The first kappa shape index (κ1) is 11.9. The van der Waals surface area contributed by atoms with E-state index in [0.717, 1.165) is 5.75 Å². The number of hydrogen-bond donors (Lipinski definition) is 2. The summed E-state index contributed by atoms with van der Waals surface area (Å²) in [6.45, 7) is -0.116. The fraction of sp³-hybridized carbons (Fsp3) is 0.857. The first-order chi connectivity index (χ1) is 5.62. The molecule has 0 aromatic rings. The Kier molecular flexibility index (Phi) is 6.32. The van der Waals surface area contributed by atoms with E-state index >= 15 is 0 Å². The molecule has 0 heterocycles. The Morgan fingerprint density at radius 1 is 1.08 bits per heavy atom. The van der Waals surface area contributed by atoms with Crippen LogP contribution < -0.4 is 0 Å². The average Bonchev–Trinajstić information content (AvgIpc) is 2.01. The fourth-order valence-electron chi connectivity index (χ4n) is 0.731. The van der Waals surface area contributed by atoms with Gasteiger partial charge in [-0.25, -0.2) is 8.42 Å². The van der Waals surface area contributed by atoms with Gasteiger partial charge in [0.1, 0.15) is 0 Å². The molecule has 12 heavy (non-hydrogen) atoms. The largest absolute Gasteiger partial charge is 0.396 e. The van der Waals surface area contributed by atoms with E-state index in [1.165, 1.54) is 0 Å². The molecule has 0 aromatic carbocycles. The lowest BCUT2D eigenvalue weighted by Gasteiger charge is -2.00. The zero-order valence-corrected chi connectivity index (χ0v) is 7.76. The molecule has 0 unspecified atom stereocenters. The third-order valence-corrected chi connectivity index (χ3v) is 2.94. The Bertz CT molecular complexity index is 186. The molecule has 0 saturated heterocycles. The van der Waals surface area contributed by atoms with Crippen molar-refractivity contribution in [2.24, 2.45) is 0 Å². The lowest BCUT2D eigenvalue weighted by Crippen LogP contribution is -2.07. The van der Waals surface area contributed by atoms with Crippen molar-refractivity contribution in [3.8, 4) is 0 Å². The van der Waals surface area contributed by atoms with Gasteiger partial charge in [0, 0.05) is 13.2 Å². The second kappa shape index (κ2) is 6.39. The van der Waals surface area contributed by atoms with Gasteiger partial charge >= 0.3 is 0 Å². The van der Waals surface area contributed by atoms with Crippen LogP contribution in [0.3, 0.4) is 0 Å². The van der Waals surface area contributed by atoms with Gasteiger partial charge in [0.25, 0.3) is 0 Å². The topological polar surface area (TPSA) is 74.6 Å². The van der Waals surface area contributed by atoms with Crippen molar-refractivity contribution in [3.63, 3.8) is 0 Å². The number of unbranched alkanes of at least 4 members (excludes halogenated alkanes) is 1. The standard InChI is InChI=1S/C7H15O4S/c8-4-1-2-6-12(10,11)7-3-5-9/h7-9H,1-6H2. The highest BCUT2D eigenvalue weighted by molar-refractivity contribution is 7.93. The Labute approximate surface area is 73.1 Å². The van der Waals surface area contributed by atoms with Gasteiger partial charge in [-0.05, 0) is 19.3 Å². The quantitative estimate of drug-likeness (QED) is 0.548. The van der Waals surface area contributed by atoms with E-state index in [2.05, 4.69) is 0 Å². The minimum atomic E-state index is -3.11. The number of aliphatic hydroxyl groups excluding tert-OH is 2. The van der Waals surface area contributed by atoms with Gasteiger partial charge in [-0.15, -0.1) is 0 Å². The summed E-state index contributed by atoms with van der Waals surface area (Å²) in [7, 11) is -3.11. The summed E-state index contributed by atoms with van der Waals surface area (Å²) >= 11 is 0. The minimum Gasteiger partial charge on any atom is -0.396 e. The molecule has 0 rings (SSSR count). The summed E-state index contributed by atoms with van der Waals surface area (Å²) in [6.07, 6.45) is 1.16. The first-order valence-corrected chi connectivity index (χ1v) is 5.61. The van der Waals surface area contributed by atoms with Crippen molar-refractivity contribution in [3.05, 3.63) is 5.75 Å². The average molecular weight is 195 g/mol. The summed E-state index contributed by atoms with van der Waals surface area (Å²) in [5.74, 6) is 1.19. The third-order valence-electron chi connectivity index (χ3n) is 1.34. The van der Waals surface area contributed by atoms with Crippen molar-refractivity contribution in [2.45, 2.75) is 19.3 Å². The van der Waals surface area contributed by atoms with Crippen molar-refractivity contribution in [2.75, 3.05) is 19.0 Å². The highest BCUT2D eigenvalue weighted by Crippen LogP contribution is 2.03. The van der Waals surface area contributed by atoms with Gasteiger partial charge < -0.3 is 10.2 Å². The molecule has 0 fully saturated rings. The van der Waals surface area contributed by atoms with Gasteiger partial charge in [-0.3, -0.25) is 0 Å². The monoisotopic (exact) mass is 195 g/mol. The fourth-order valence-corrected chi connectivity index (χ4v) is 1.97. The number of hydrogen-bond acceptors (Lipinski definition) is 4. The van der Waals surface area contributed by atoms with Gasteiger partial charge in [0.15, 0.2) is 9.84 Å². The van der Waals surface area contributed by atoms with Crippen molar-refractivity contribution in [1.29, 1.82) is 0 Å². The molecule has 0 aromatic heterocycles. The summed E-state index contributed by atoms with van der Waals surface area (Å²) in [5.41, 5.74) is 0. The van der Waals surface area contributed by atoms with E-state index in [4.69, 9.17) is 10.2 Å². The zero-order valence-electron chi connectivity index (χ0n) is 6.94. The molecule has 0 aliphatic heterocycles. The van der Waals surface area contributed by atoms with Crippen LogP contribution in [-0.2, 0) is 9.84 Å². The molecule has 1 radical (unpaired) electrons. The van der Waals surface area contributed by atoms with E-state index in [1.54, 1.807) is 0 Å². The van der Waals surface area contributed by atoms with Crippen LogP contribution in [0, 0.1) is 5.75 Å². The second-order valence-corrected chi connectivity index (χ2v) is 4.54. The van der Waals surface area contributed by atoms with E-state index in [0.29, 0.717) is 12.8 Å². The van der Waals surface area contributed by atoms with Crippen LogP contribution in [0.2, 0.25) is 0 Å². The maximum atomic E-state index is 11.0. The molecule has 0 bridgehead atoms. The lowest BCUT2D eigenvalue weighted by atomic mass is 10.4. The van der Waals surface area contributed by atoms with Crippen LogP contribution in [0.5, 0.6) is 0 Å². The summed E-state index contributed by atoms with van der Waals surface area (Å²) in [5, 5.41) is 16.8. The van der Waals surface area contributed by atoms with Crippen LogP contribution in [0.4, 0.5) is 0 Å². The van der Waals surface area contributed by atoms with Crippen LogP contribution in [0.15, 0.2) is 0 Å². The van der Waals surface area contributed by atoms with E-state index in [-0.39, 0.29) is 25.4 Å². The lowest BCUT2D eigenvalue weighted by molar-refractivity contribution is 0.287. The predicted molar refractivity (Wildman–Crippen MR) is 46.1 cm³/mol. The maximum Gasteiger partial charge on any atom is 0.154 e. The molecular weight excluding hydrogens is 180 g/mol. The van der Waals surface area contributed by atoms with Crippen LogP contribution in [0.25, 0.3) is 0 Å². The molecule has 73 valence electrons. The molecule has 2 N–H and O–H groups in total. The Hall–Kier alpha value is -0.130. The SMILES string of the molecule is O=S(=O)([CH]CCO)CCCCO. The number of aliphatic hydroxyl groups is 2. The number of sulfone groups is 1. The molecule has 5 heteroatoms. The molecule has 0 amide bonds. The van der Waals surface area contributed by atoms with E-state index < -0.39 is 9.84 Å². The Morgan fingerprint density at radius 3 is 2.25 bits per heavy atom.